The fraction of sp³-hybridized carbons (Fsp3) is 0.462. The molecule has 0 aromatic heterocycles. The second-order valence-electron chi connectivity index (χ2n) is 4.50. The molecule has 1 heterocycles. The predicted octanol–water partition coefficient (Wildman–Crippen LogP) is 3.15. The van der Waals surface area contributed by atoms with E-state index < -0.39 is 6.10 Å². The normalized spacial score (nSPS) is 20.1. The minimum atomic E-state index is -0.625. The Morgan fingerprint density at radius 2 is 2.24 bits per heavy atom. The van der Waals surface area contributed by atoms with E-state index in [1.54, 1.807) is 6.92 Å². The quantitative estimate of drug-likeness (QED) is 0.851. The second-order valence-corrected chi connectivity index (χ2v) is 4.87. The van der Waals surface area contributed by atoms with Crippen LogP contribution in [-0.2, 0) is 4.79 Å². The number of aliphatic hydroxyl groups is 1. The van der Waals surface area contributed by atoms with Crippen molar-refractivity contribution in [3.8, 4) is 0 Å². The van der Waals surface area contributed by atoms with Crippen molar-refractivity contribution in [3.05, 3.63) is 27.8 Å². The fourth-order valence-corrected chi connectivity index (χ4v) is 2.65. The van der Waals surface area contributed by atoms with Gasteiger partial charge in [0, 0.05) is 5.69 Å². The third kappa shape index (κ3) is 1.83. The van der Waals surface area contributed by atoms with Crippen LogP contribution in [-0.4, -0.2) is 11.0 Å². The molecule has 0 bridgehead atoms. The first-order chi connectivity index (χ1) is 7.97. The Balaban J connectivity index is 2.64. The molecule has 1 aromatic carbocycles. The summed E-state index contributed by atoms with van der Waals surface area (Å²) in [6.45, 7) is 5.52. The molecule has 17 heavy (non-hydrogen) atoms. The van der Waals surface area contributed by atoms with Gasteiger partial charge in [-0.2, -0.15) is 0 Å². The largest absolute Gasteiger partial charge is 0.389 e. The van der Waals surface area contributed by atoms with E-state index in [1.165, 1.54) is 0 Å². The number of halogens is 1. The molecular formula is C13H16ClNO2. The summed E-state index contributed by atoms with van der Waals surface area (Å²) in [6.07, 6.45) is 0.124. The van der Waals surface area contributed by atoms with Crippen molar-refractivity contribution in [2.45, 2.75) is 39.2 Å². The molecule has 2 atom stereocenters. The molecule has 3 nitrogen and oxygen atoms in total. The molecule has 1 amide bonds. The monoisotopic (exact) mass is 253 g/mol. The smallest absolute Gasteiger partial charge is 0.232 e. The van der Waals surface area contributed by atoms with Gasteiger partial charge < -0.3 is 10.4 Å². The average Bonchev–Trinajstić information content (AvgIpc) is 2.59. The Kier molecular flexibility index (Phi) is 3.15. The predicted molar refractivity (Wildman–Crippen MR) is 68.5 cm³/mol. The third-order valence-corrected chi connectivity index (χ3v) is 3.86. The van der Waals surface area contributed by atoms with Gasteiger partial charge >= 0.3 is 0 Å². The van der Waals surface area contributed by atoms with E-state index in [1.807, 2.05) is 19.9 Å². The van der Waals surface area contributed by atoms with E-state index in [0.717, 1.165) is 23.2 Å². The summed E-state index contributed by atoms with van der Waals surface area (Å²) in [5.74, 6) is -0.108. The Hall–Kier alpha value is -1.06. The third-order valence-electron chi connectivity index (χ3n) is 3.36. The number of carbonyl (C=O) groups is 1. The Morgan fingerprint density at radius 3 is 2.76 bits per heavy atom. The van der Waals surface area contributed by atoms with E-state index in [9.17, 15) is 9.90 Å². The van der Waals surface area contributed by atoms with Crippen LogP contribution < -0.4 is 5.32 Å². The molecule has 0 saturated heterocycles. The molecule has 0 spiro atoms. The summed E-state index contributed by atoms with van der Waals surface area (Å²) in [5.41, 5.74) is 3.30. The van der Waals surface area contributed by atoms with Crippen LogP contribution in [0.1, 0.15) is 49.0 Å². The highest BCUT2D eigenvalue weighted by Crippen LogP contribution is 2.42. The van der Waals surface area contributed by atoms with Crippen molar-refractivity contribution in [1.29, 1.82) is 0 Å². The van der Waals surface area contributed by atoms with Crippen LogP contribution in [0.4, 0.5) is 5.69 Å². The molecule has 2 unspecified atom stereocenters. The molecule has 0 radical (unpaired) electrons. The first-order valence-electron chi connectivity index (χ1n) is 5.79. The number of amides is 1. The van der Waals surface area contributed by atoms with Gasteiger partial charge in [-0.15, -0.1) is 0 Å². The highest BCUT2D eigenvalue weighted by Gasteiger charge is 2.32. The lowest BCUT2D eigenvalue weighted by Gasteiger charge is -2.15. The van der Waals surface area contributed by atoms with Crippen molar-refractivity contribution < 1.29 is 9.90 Å². The van der Waals surface area contributed by atoms with Crippen molar-refractivity contribution >= 4 is 23.2 Å². The van der Waals surface area contributed by atoms with Gasteiger partial charge in [0.1, 0.15) is 0 Å². The van der Waals surface area contributed by atoms with Crippen LogP contribution in [0.15, 0.2) is 6.07 Å². The van der Waals surface area contributed by atoms with E-state index in [0.29, 0.717) is 10.6 Å². The van der Waals surface area contributed by atoms with Crippen molar-refractivity contribution in [3.63, 3.8) is 0 Å². The second kappa shape index (κ2) is 4.31. The summed E-state index contributed by atoms with van der Waals surface area (Å²) in [5, 5.41) is 13.1. The van der Waals surface area contributed by atoms with Crippen LogP contribution in [0.25, 0.3) is 0 Å². The molecule has 1 aromatic rings. The zero-order valence-electron chi connectivity index (χ0n) is 10.2. The Labute approximate surface area is 106 Å². The topological polar surface area (TPSA) is 49.3 Å². The van der Waals surface area contributed by atoms with Crippen LogP contribution in [0.5, 0.6) is 0 Å². The number of fused-ring (bicyclic) bond motifs is 1. The highest BCUT2D eigenvalue weighted by atomic mass is 35.5. The minimum absolute atomic E-state index is 0.0180. The molecule has 0 fully saturated rings. The lowest BCUT2D eigenvalue weighted by Crippen LogP contribution is -2.10. The van der Waals surface area contributed by atoms with Crippen LogP contribution in [0.2, 0.25) is 5.02 Å². The van der Waals surface area contributed by atoms with E-state index in [4.69, 9.17) is 11.6 Å². The Bertz CT molecular complexity index is 483. The summed E-state index contributed by atoms with van der Waals surface area (Å²) in [7, 11) is 0. The van der Waals surface area contributed by atoms with Crippen molar-refractivity contribution in [1.82, 2.24) is 0 Å². The van der Waals surface area contributed by atoms with Gasteiger partial charge in [-0.05, 0) is 43.0 Å². The maximum Gasteiger partial charge on any atom is 0.232 e. The molecule has 1 aliphatic heterocycles. The van der Waals surface area contributed by atoms with Crippen LogP contribution >= 0.6 is 11.6 Å². The summed E-state index contributed by atoms with van der Waals surface area (Å²) in [4.78, 5) is 11.8. The highest BCUT2D eigenvalue weighted by molar-refractivity contribution is 6.33. The van der Waals surface area contributed by atoms with Crippen LogP contribution in [0.3, 0.4) is 0 Å². The number of carbonyl (C=O) groups excluding carboxylic acids is 1. The molecule has 2 N–H and O–H groups in total. The zero-order valence-corrected chi connectivity index (χ0v) is 10.9. The SMILES string of the molecule is CCC1C(=O)Nc2c1cc(C(C)O)c(Cl)c2C. The molecule has 92 valence electrons. The Morgan fingerprint density at radius 1 is 1.59 bits per heavy atom. The standard InChI is InChI=1S/C13H16ClNO2/c1-4-8-10-5-9(7(3)16)11(14)6(2)12(10)15-13(8)17/h5,7-8,16H,4H2,1-3H3,(H,15,17). The number of rotatable bonds is 2. The van der Waals surface area contributed by atoms with E-state index >= 15 is 0 Å². The van der Waals surface area contributed by atoms with Crippen molar-refractivity contribution in [2.24, 2.45) is 0 Å². The van der Waals surface area contributed by atoms with Gasteiger partial charge in [0.25, 0.3) is 0 Å². The molecule has 2 rings (SSSR count). The number of aliphatic hydroxyl groups excluding tert-OH is 1. The average molecular weight is 254 g/mol. The minimum Gasteiger partial charge on any atom is -0.389 e. The van der Waals surface area contributed by atoms with Gasteiger partial charge in [-0.3, -0.25) is 4.79 Å². The van der Waals surface area contributed by atoms with Gasteiger partial charge in [-0.25, -0.2) is 0 Å². The molecule has 1 aliphatic rings. The van der Waals surface area contributed by atoms with Gasteiger partial charge in [0.15, 0.2) is 0 Å². The summed E-state index contributed by atoms with van der Waals surface area (Å²) in [6, 6.07) is 1.85. The lowest BCUT2D eigenvalue weighted by atomic mass is 9.93. The number of anilines is 1. The molecule has 0 saturated carbocycles. The molecular weight excluding hydrogens is 238 g/mol. The number of benzene rings is 1. The maximum absolute atomic E-state index is 11.8. The van der Waals surface area contributed by atoms with Gasteiger partial charge in [0.2, 0.25) is 5.91 Å². The first kappa shape index (κ1) is 12.4. The van der Waals surface area contributed by atoms with Gasteiger partial charge in [0.05, 0.1) is 17.0 Å². The van der Waals surface area contributed by atoms with E-state index in [2.05, 4.69) is 5.32 Å². The van der Waals surface area contributed by atoms with Crippen LogP contribution in [0, 0.1) is 6.92 Å². The zero-order chi connectivity index (χ0) is 12.7. The number of hydrogen-bond acceptors (Lipinski definition) is 2. The summed E-state index contributed by atoms with van der Waals surface area (Å²) >= 11 is 6.20. The van der Waals surface area contributed by atoms with Crippen molar-refractivity contribution in [2.75, 3.05) is 5.32 Å². The molecule has 0 aliphatic carbocycles. The maximum atomic E-state index is 11.8. The fourth-order valence-electron chi connectivity index (χ4n) is 2.35. The first-order valence-corrected chi connectivity index (χ1v) is 6.17. The molecule has 4 heteroatoms. The number of hydrogen-bond donors (Lipinski definition) is 2. The van der Waals surface area contributed by atoms with Gasteiger partial charge in [-0.1, -0.05) is 18.5 Å². The summed E-state index contributed by atoms with van der Waals surface area (Å²) < 4.78 is 0. The lowest BCUT2D eigenvalue weighted by molar-refractivity contribution is -0.117. The van der Waals surface area contributed by atoms with E-state index in [-0.39, 0.29) is 11.8 Å². The number of nitrogens with one attached hydrogen (secondary N) is 1.